The molecule has 8 heteroatoms. The van der Waals surface area contributed by atoms with E-state index in [0.717, 1.165) is 0 Å². The summed E-state index contributed by atoms with van der Waals surface area (Å²) in [5.41, 5.74) is -0.977. The van der Waals surface area contributed by atoms with E-state index in [1.54, 1.807) is 30.3 Å². The molecule has 0 atom stereocenters. The highest BCUT2D eigenvalue weighted by atomic mass is 16.4. The number of anilines is 1. The molecule has 1 saturated heterocycles. The lowest BCUT2D eigenvalue weighted by Crippen LogP contribution is -2.50. The van der Waals surface area contributed by atoms with Crippen molar-refractivity contribution in [2.45, 2.75) is 18.4 Å². The topological polar surface area (TPSA) is 120 Å². The lowest BCUT2D eigenvalue weighted by atomic mass is 9.91. The Morgan fingerprint density at radius 2 is 1.85 bits per heavy atom. The molecule has 2 heterocycles. The minimum Gasteiger partial charge on any atom is -0.479 e. The van der Waals surface area contributed by atoms with Crippen molar-refractivity contribution in [1.29, 1.82) is 0 Å². The van der Waals surface area contributed by atoms with Crippen LogP contribution in [0.25, 0.3) is 0 Å². The maximum Gasteiger partial charge on any atom is 0.335 e. The number of carbonyl (C=O) groups excluding carboxylic acids is 2. The van der Waals surface area contributed by atoms with Crippen LogP contribution in [0.4, 0.5) is 5.69 Å². The van der Waals surface area contributed by atoms with Crippen molar-refractivity contribution in [1.82, 2.24) is 4.90 Å². The van der Waals surface area contributed by atoms with Crippen molar-refractivity contribution >= 4 is 23.5 Å². The summed E-state index contributed by atoms with van der Waals surface area (Å²) in [5.74, 6) is -1.83. The SMILES string of the molecule is O=C(Nc1cccc(C(=O)N2CCC(O)(C(=O)O)CC2)c1)c1ccco1. The number of nitrogens with zero attached hydrogens (tertiary/aromatic N) is 1. The van der Waals surface area contributed by atoms with Crippen LogP contribution in [0.5, 0.6) is 0 Å². The number of carboxylic acid groups (broad SMARTS) is 1. The van der Waals surface area contributed by atoms with Crippen LogP contribution in [0.2, 0.25) is 0 Å². The van der Waals surface area contributed by atoms with Crippen LogP contribution in [0.15, 0.2) is 47.1 Å². The van der Waals surface area contributed by atoms with E-state index in [9.17, 15) is 19.5 Å². The fourth-order valence-corrected chi connectivity index (χ4v) is 2.81. The zero-order valence-corrected chi connectivity index (χ0v) is 13.8. The number of amides is 2. The van der Waals surface area contributed by atoms with E-state index in [4.69, 9.17) is 9.52 Å². The molecule has 136 valence electrons. The van der Waals surface area contributed by atoms with Gasteiger partial charge in [0.15, 0.2) is 11.4 Å². The maximum absolute atomic E-state index is 12.6. The van der Waals surface area contributed by atoms with Gasteiger partial charge in [0.2, 0.25) is 0 Å². The Balaban J connectivity index is 1.67. The third-order valence-corrected chi connectivity index (χ3v) is 4.39. The molecule has 8 nitrogen and oxygen atoms in total. The smallest absolute Gasteiger partial charge is 0.335 e. The van der Waals surface area contributed by atoms with Crippen molar-refractivity contribution in [3.8, 4) is 0 Å². The summed E-state index contributed by atoms with van der Waals surface area (Å²) in [4.78, 5) is 37.2. The Hall–Kier alpha value is -3.13. The van der Waals surface area contributed by atoms with Gasteiger partial charge in [-0.3, -0.25) is 9.59 Å². The Bertz CT molecular complexity index is 822. The van der Waals surface area contributed by atoms with Crippen LogP contribution in [0.3, 0.4) is 0 Å². The van der Waals surface area contributed by atoms with Crippen molar-refractivity contribution in [3.05, 3.63) is 54.0 Å². The summed E-state index contributed by atoms with van der Waals surface area (Å²) in [7, 11) is 0. The number of hydrogen-bond donors (Lipinski definition) is 3. The Morgan fingerprint density at radius 1 is 1.12 bits per heavy atom. The van der Waals surface area contributed by atoms with Gasteiger partial charge in [0.25, 0.3) is 11.8 Å². The third-order valence-electron chi connectivity index (χ3n) is 4.39. The molecule has 0 aliphatic carbocycles. The van der Waals surface area contributed by atoms with Crippen LogP contribution in [-0.2, 0) is 4.79 Å². The standard InChI is InChI=1S/C18H18N2O6/c21-15(14-5-2-10-26-14)19-13-4-1-3-12(11-13)16(22)20-8-6-18(25,7-9-20)17(23)24/h1-5,10-11,25H,6-9H2,(H,19,21)(H,23,24). The van der Waals surface area contributed by atoms with Gasteiger partial charge in [-0.25, -0.2) is 4.79 Å². The maximum atomic E-state index is 12.6. The van der Waals surface area contributed by atoms with Crippen LogP contribution in [0.1, 0.15) is 33.8 Å². The van der Waals surface area contributed by atoms with Gasteiger partial charge in [0, 0.05) is 37.2 Å². The van der Waals surface area contributed by atoms with E-state index >= 15 is 0 Å². The zero-order chi connectivity index (χ0) is 18.7. The van der Waals surface area contributed by atoms with Gasteiger partial charge in [-0.2, -0.15) is 0 Å². The fraction of sp³-hybridized carbons (Fsp3) is 0.278. The fourth-order valence-electron chi connectivity index (χ4n) is 2.81. The van der Waals surface area contributed by atoms with Crippen LogP contribution in [-0.4, -0.2) is 51.6 Å². The molecule has 0 saturated carbocycles. The molecule has 0 radical (unpaired) electrons. The van der Waals surface area contributed by atoms with E-state index in [-0.39, 0.29) is 37.6 Å². The monoisotopic (exact) mass is 358 g/mol. The first-order valence-electron chi connectivity index (χ1n) is 8.09. The molecule has 1 aliphatic heterocycles. The highest BCUT2D eigenvalue weighted by molar-refractivity contribution is 6.03. The number of likely N-dealkylation sites (tertiary alicyclic amines) is 1. The Kier molecular flexibility index (Phi) is 4.77. The molecule has 0 spiro atoms. The molecule has 2 amide bonds. The van der Waals surface area contributed by atoms with E-state index in [0.29, 0.717) is 11.3 Å². The molecule has 0 unspecified atom stereocenters. The molecular formula is C18H18N2O6. The lowest BCUT2D eigenvalue weighted by Gasteiger charge is -2.35. The first-order valence-corrected chi connectivity index (χ1v) is 8.09. The molecule has 3 N–H and O–H groups in total. The quantitative estimate of drug-likeness (QED) is 0.763. The number of furan rings is 1. The van der Waals surface area contributed by atoms with Gasteiger partial charge in [-0.1, -0.05) is 6.07 Å². The molecule has 1 fully saturated rings. The van der Waals surface area contributed by atoms with Gasteiger partial charge < -0.3 is 24.8 Å². The number of hydrogen-bond acceptors (Lipinski definition) is 5. The number of aliphatic hydroxyl groups is 1. The van der Waals surface area contributed by atoms with Crippen molar-refractivity contribution < 1.29 is 29.0 Å². The van der Waals surface area contributed by atoms with Gasteiger partial charge >= 0.3 is 5.97 Å². The molecule has 2 aromatic rings. The van der Waals surface area contributed by atoms with E-state index in [1.807, 2.05) is 0 Å². The van der Waals surface area contributed by atoms with E-state index in [2.05, 4.69) is 5.32 Å². The van der Waals surface area contributed by atoms with E-state index < -0.39 is 17.5 Å². The van der Waals surface area contributed by atoms with Gasteiger partial charge in [0.1, 0.15) is 0 Å². The third kappa shape index (κ3) is 3.60. The number of rotatable bonds is 4. The average molecular weight is 358 g/mol. The molecule has 1 aliphatic rings. The Labute approximate surface area is 149 Å². The normalized spacial score (nSPS) is 16.1. The number of carboxylic acids is 1. The first kappa shape index (κ1) is 17.7. The summed E-state index contributed by atoms with van der Waals surface area (Å²) >= 11 is 0. The zero-order valence-electron chi connectivity index (χ0n) is 13.8. The van der Waals surface area contributed by atoms with Crippen molar-refractivity contribution in [3.63, 3.8) is 0 Å². The second kappa shape index (κ2) is 7.01. The number of carbonyl (C=O) groups is 3. The minimum absolute atomic E-state index is 0.0248. The minimum atomic E-state index is -1.78. The Morgan fingerprint density at radius 3 is 2.46 bits per heavy atom. The second-order valence-corrected chi connectivity index (χ2v) is 6.14. The predicted molar refractivity (Wildman–Crippen MR) is 90.8 cm³/mol. The molecular weight excluding hydrogens is 340 g/mol. The van der Waals surface area contributed by atoms with Gasteiger partial charge in [0.05, 0.1) is 6.26 Å². The van der Waals surface area contributed by atoms with Gasteiger partial charge in [-0.05, 0) is 30.3 Å². The van der Waals surface area contributed by atoms with E-state index in [1.165, 1.54) is 17.2 Å². The van der Waals surface area contributed by atoms with Crippen LogP contribution in [0, 0.1) is 0 Å². The predicted octanol–water partition coefficient (Wildman–Crippen LogP) is 1.58. The number of aliphatic carboxylic acids is 1. The lowest BCUT2D eigenvalue weighted by molar-refractivity contribution is -0.162. The molecule has 1 aromatic heterocycles. The summed E-state index contributed by atoms with van der Waals surface area (Å²) in [6.45, 7) is 0.287. The number of benzene rings is 1. The molecule has 3 rings (SSSR count). The highest BCUT2D eigenvalue weighted by Gasteiger charge is 2.40. The summed E-state index contributed by atoms with van der Waals surface area (Å²) in [5, 5.41) is 21.6. The van der Waals surface area contributed by atoms with Crippen LogP contribution < -0.4 is 5.32 Å². The first-order chi connectivity index (χ1) is 12.4. The highest BCUT2D eigenvalue weighted by Crippen LogP contribution is 2.24. The second-order valence-electron chi connectivity index (χ2n) is 6.14. The number of piperidine rings is 1. The van der Waals surface area contributed by atoms with Crippen LogP contribution >= 0.6 is 0 Å². The number of nitrogens with one attached hydrogen (secondary N) is 1. The van der Waals surface area contributed by atoms with Crippen molar-refractivity contribution in [2.24, 2.45) is 0 Å². The van der Waals surface area contributed by atoms with Crippen molar-refractivity contribution in [2.75, 3.05) is 18.4 Å². The summed E-state index contributed by atoms with van der Waals surface area (Å²) in [6.07, 6.45) is 1.34. The average Bonchev–Trinajstić information content (AvgIpc) is 3.17. The molecule has 26 heavy (non-hydrogen) atoms. The molecule has 1 aromatic carbocycles. The summed E-state index contributed by atoms with van der Waals surface area (Å²) < 4.78 is 5.02. The largest absolute Gasteiger partial charge is 0.479 e. The summed E-state index contributed by atoms with van der Waals surface area (Å²) in [6, 6.07) is 9.58. The molecule has 0 bridgehead atoms. The van der Waals surface area contributed by atoms with Gasteiger partial charge in [-0.15, -0.1) is 0 Å².